The highest BCUT2D eigenvalue weighted by atomic mass is 32.2. The van der Waals surface area contributed by atoms with Crippen LogP contribution in [-0.2, 0) is 14.8 Å². The zero-order valence-corrected chi connectivity index (χ0v) is 13.3. The van der Waals surface area contributed by atoms with Gasteiger partial charge in [-0.1, -0.05) is 0 Å². The third-order valence-corrected chi connectivity index (χ3v) is 6.86. The monoisotopic (exact) mass is 315 g/mol. The molecule has 0 spiro atoms. The summed E-state index contributed by atoms with van der Waals surface area (Å²) in [4.78, 5) is 12.5. The predicted octanol–water partition coefficient (Wildman–Crippen LogP) is -0.1000. The number of hydrogen-bond acceptors (Lipinski definition) is 4. The third-order valence-electron chi connectivity index (χ3n) is 5.55. The van der Waals surface area contributed by atoms with Gasteiger partial charge in [0.05, 0.1) is 12.2 Å². The first-order valence-electron chi connectivity index (χ1n) is 7.87. The molecule has 1 heterocycles. The number of sulfonamides is 1. The van der Waals surface area contributed by atoms with Gasteiger partial charge < -0.3 is 11.1 Å². The molecule has 6 nitrogen and oxygen atoms in total. The quantitative estimate of drug-likeness (QED) is 0.761. The Morgan fingerprint density at radius 2 is 1.76 bits per heavy atom. The maximum absolute atomic E-state index is 12.5. The summed E-state index contributed by atoms with van der Waals surface area (Å²) >= 11 is 0. The van der Waals surface area contributed by atoms with E-state index in [1.807, 2.05) is 0 Å². The molecule has 4 atom stereocenters. The molecule has 3 N–H and O–H groups in total. The largest absolute Gasteiger partial charge is 0.353 e. The van der Waals surface area contributed by atoms with Crippen LogP contribution in [0, 0.1) is 17.8 Å². The predicted molar refractivity (Wildman–Crippen MR) is 79.9 cm³/mol. The SMILES string of the molecule is CS(=O)(=O)N1CCC(NC(=O)C2C3CCC(C3)C2N)CC1. The second kappa shape index (κ2) is 5.52. The van der Waals surface area contributed by atoms with Crippen LogP contribution in [0.5, 0.6) is 0 Å². The van der Waals surface area contributed by atoms with Gasteiger partial charge >= 0.3 is 0 Å². The second-order valence-electron chi connectivity index (χ2n) is 6.88. The van der Waals surface area contributed by atoms with E-state index in [2.05, 4.69) is 5.32 Å². The minimum absolute atomic E-state index is 0.0138. The molecule has 0 aromatic rings. The topological polar surface area (TPSA) is 92.5 Å². The van der Waals surface area contributed by atoms with Crippen molar-refractivity contribution in [1.82, 2.24) is 9.62 Å². The first-order chi connectivity index (χ1) is 9.86. The van der Waals surface area contributed by atoms with Crippen molar-refractivity contribution in [1.29, 1.82) is 0 Å². The smallest absolute Gasteiger partial charge is 0.225 e. The molecule has 1 aliphatic heterocycles. The molecular formula is C14H25N3O3S. The minimum atomic E-state index is -3.11. The fraction of sp³-hybridized carbons (Fsp3) is 0.929. The van der Waals surface area contributed by atoms with Crippen LogP contribution in [-0.4, -0.2) is 50.1 Å². The van der Waals surface area contributed by atoms with Gasteiger partial charge in [0.2, 0.25) is 15.9 Å². The van der Waals surface area contributed by atoms with Crippen molar-refractivity contribution in [2.24, 2.45) is 23.5 Å². The number of nitrogens with one attached hydrogen (secondary N) is 1. The molecule has 2 saturated carbocycles. The van der Waals surface area contributed by atoms with E-state index in [-0.39, 0.29) is 23.9 Å². The summed E-state index contributed by atoms with van der Waals surface area (Å²) in [6.45, 7) is 0.985. The highest BCUT2D eigenvalue weighted by Gasteiger charge is 2.49. The lowest BCUT2D eigenvalue weighted by molar-refractivity contribution is -0.128. The summed E-state index contributed by atoms with van der Waals surface area (Å²) in [5, 5.41) is 3.11. The molecule has 1 saturated heterocycles. The van der Waals surface area contributed by atoms with Crippen LogP contribution >= 0.6 is 0 Å². The van der Waals surface area contributed by atoms with E-state index in [9.17, 15) is 13.2 Å². The Bertz CT molecular complexity index is 512. The van der Waals surface area contributed by atoms with Gasteiger partial charge in [-0.25, -0.2) is 12.7 Å². The second-order valence-corrected chi connectivity index (χ2v) is 8.86. The van der Waals surface area contributed by atoms with Crippen molar-refractivity contribution < 1.29 is 13.2 Å². The zero-order chi connectivity index (χ0) is 15.2. The lowest BCUT2D eigenvalue weighted by atomic mass is 9.84. The zero-order valence-electron chi connectivity index (χ0n) is 12.5. The van der Waals surface area contributed by atoms with Gasteiger partial charge in [0.15, 0.2) is 0 Å². The Morgan fingerprint density at radius 1 is 1.14 bits per heavy atom. The van der Waals surface area contributed by atoms with Gasteiger partial charge in [0.25, 0.3) is 0 Å². The fourth-order valence-electron chi connectivity index (χ4n) is 4.35. The Labute approximate surface area is 126 Å². The number of fused-ring (bicyclic) bond motifs is 2. The summed E-state index contributed by atoms with van der Waals surface area (Å²) in [5.41, 5.74) is 6.20. The summed E-state index contributed by atoms with van der Waals surface area (Å²) < 4.78 is 24.4. The minimum Gasteiger partial charge on any atom is -0.353 e. The van der Waals surface area contributed by atoms with E-state index < -0.39 is 10.0 Å². The molecular weight excluding hydrogens is 290 g/mol. The van der Waals surface area contributed by atoms with Crippen LogP contribution in [0.2, 0.25) is 0 Å². The van der Waals surface area contributed by atoms with Crippen LogP contribution in [0.3, 0.4) is 0 Å². The number of nitrogens with zero attached hydrogens (tertiary/aromatic N) is 1. The lowest BCUT2D eigenvalue weighted by Crippen LogP contribution is -2.51. The molecule has 3 aliphatic rings. The molecule has 1 amide bonds. The summed E-state index contributed by atoms with van der Waals surface area (Å²) in [5.74, 6) is 1.04. The molecule has 2 bridgehead atoms. The molecule has 0 radical (unpaired) electrons. The van der Waals surface area contributed by atoms with E-state index in [4.69, 9.17) is 5.73 Å². The molecule has 7 heteroatoms. The summed E-state index contributed by atoms with van der Waals surface area (Å²) in [6.07, 6.45) is 6.01. The van der Waals surface area contributed by atoms with Crippen LogP contribution in [0.1, 0.15) is 32.1 Å². The first-order valence-corrected chi connectivity index (χ1v) is 9.72. The highest BCUT2D eigenvalue weighted by molar-refractivity contribution is 7.88. The van der Waals surface area contributed by atoms with Crippen LogP contribution < -0.4 is 11.1 Å². The van der Waals surface area contributed by atoms with Gasteiger partial charge in [0, 0.05) is 25.2 Å². The average molecular weight is 315 g/mol. The van der Waals surface area contributed by atoms with E-state index in [0.717, 1.165) is 12.8 Å². The standard InChI is InChI=1S/C14H25N3O3S/c1-21(19,20)17-6-4-11(5-7-17)16-14(18)12-9-2-3-10(8-9)13(12)15/h9-13H,2-8,15H2,1H3,(H,16,18). The lowest BCUT2D eigenvalue weighted by Gasteiger charge is -2.33. The number of amides is 1. The van der Waals surface area contributed by atoms with Gasteiger partial charge in [-0.3, -0.25) is 4.79 Å². The van der Waals surface area contributed by atoms with Gasteiger partial charge in [-0.05, 0) is 43.9 Å². The summed E-state index contributed by atoms with van der Waals surface area (Å²) in [6, 6.07) is 0.0988. The van der Waals surface area contributed by atoms with Crippen molar-refractivity contribution in [3.63, 3.8) is 0 Å². The van der Waals surface area contributed by atoms with Crippen molar-refractivity contribution in [2.45, 2.75) is 44.2 Å². The van der Waals surface area contributed by atoms with Gasteiger partial charge in [0.1, 0.15) is 0 Å². The number of nitrogens with two attached hydrogens (primary N) is 1. The summed E-state index contributed by atoms with van der Waals surface area (Å²) in [7, 11) is -3.11. The molecule has 3 fully saturated rings. The van der Waals surface area contributed by atoms with Crippen molar-refractivity contribution in [2.75, 3.05) is 19.3 Å². The Hall–Kier alpha value is -0.660. The Kier molecular flexibility index (Phi) is 4.00. The maximum atomic E-state index is 12.5. The normalized spacial score (nSPS) is 37.8. The molecule has 120 valence electrons. The highest BCUT2D eigenvalue weighted by Crippen LogP contribution is 2.47. The Balaban J connectivity index is 1.53. The first kappa shape index (κ1) is 15.2. The van der Waals surface area contributed by atoms with Gasteiger partial charge in [-0.15, -0.1) is 0 Å². The van der Waals surface area contributed by atoms with Crippen molar-refractivity contribution >= 4 is 15.9 Å². The molecule has 0 aromatic heterocycles. The Morgan fingerprint density at radius 3 is 2.29 bits per heavy atom. The third kappa shape index (κ3) is 2.96. The van der Waals surface area contributed by atoms with Crippen molar-refractivity contribution in [3.05, 3.63) is 0 Å². The number of rotatable bonds is 3. The van der Waals surface area contributed by atoms with Crippen LogP contribution in [0.15, 0.2) is 0 Å². The van der Waals surface area contributed by atoms with E-state index in [0.29, 0.717) is 37.8 Å². The maximum Gasteiger partial charge on any atom is 0.225 e. The van der Waals surface area contributed by atoms with Crippen LogP contribution in [0.4, 0.5) is 0 Å². The molecule has 3 rings (SSSR count). The fourth-order valence-corrected chi connectivity index (χ4v) is 5.23. The molecule has 2 aliphatic carbocycles. The average Bonchev–Trinajstić information content (AvgIpc) is 2.98. The molecule has 21 heavy (non-hydrogen) atoms. The molecule has 4 unspecified atom stereocenters. The number of piperidine rings is 1. The number of hydrogen-bond donors (Lipinski definition) is 2. The number of carbonyl (C=O) groups is 1. The number of carbonyl (C=O) groups excluding carboxylic acids is 1. The van der Waals surface area contributed by atoms with Gasteiger partial charge in [-0.2, -0.15) is 0 Å². The van der Waals surface area contributed by atoms with E-state index in [1.54, 1.807) is 0 Å². The van der Waals surface area contributed by atoms with E-state index >= 15 is 0 Å². The van der Waals surface area contributed by atoms with Crippen molar-refractivity contribution in [3.8, 4) is 0 Å². The van der Waals surface area contributed by atoms with E-state index in [1.165, 1.54) is 17.0 Å². The molecule has 0 aromatic carbocycles. The van der Waals surface area contributed by atoms with Crippen LogP contribution in [0.25, 0.3) is 0 Å².